The molecule has 0 bridgehead atoms. The van der Waals surface area contributed by atoms with Gasteiger partial charge in [0.25, 0.3) is 11.9 Å². The quantitative estimate of drug-likeness (QED) is 0.0742. The average Bonchev–Trinajstić information content (AvgIpc) is 3.49. The van der Waals surface area contributed by atoms with E-state index in [1.54, 1.807) is 0 Å². The molecule has 0 saturated carbocycles. The number of aromatic hydroxyl groups is 3. The van der Waals surface area contributed by atoms with Crippen molar-refractivity contribution in [2.24, 2.45) is 0 Å². The van der Waals surface area contributed by atoms with Gasteiger partial charge in [-0.25, -0.2) is 0 Å². The Labute approximate surface area is 269 Å². The van der Waals surface area contributed by atoms with Gasteiger partial charge in [0.1, 0.15) is 11.0 Å². The van der Waals surface area contributed by atoms with Crippen LogP contribution in [-0.2, 0) is 16.0 Å². The lowest BCUT2D eigenvalue weighted by Crippen LogP contribution is -2.35. The summed E-state index contributed by atoms with van der Waals surface area (Å²) in [7, 11) is 0. The number of carbonyl (C=O) groups is 2. The van der Waals surface area contributed by atoms with Crippen LogP contribution in [0.15, 0.2) is 8.83 Å². The first kappa shape index (κ1) is 36.5. The first-order valence-corrected chi connectivity index (χ1v) is 18.1. The van der Waals surface area contributed by atoms with Gasteiger partial charge in [0.05, 0.1) is 5.56 Å². The fraction of sp³-hybridized carbons (Fsp3) is 0.684. The van der Waals surface area contributed by atoms with Crippen LogP contribution in [0.1, 0.15) is 167 Å². The zero-order chi connectivity index (χ0) is 32.4. The van der Waals surface area contributed by atoms with E-state index in [0.717, 1.165) is 51.0 Å². The molecule has 0 radical (unpaired) electrons. The molecular formula is C38H58O7. The van der Waals surface area contributed by atoms with Gasteiger partial charge in [-0.3, -0.25) is 9.59 Å². The summed E-state index contributed by atoms with van der Waals surface area (Å²) in [5.74, 6) is -2.71. The Balaban J connectivity index is 1.55. The van der Waals surface area contributed by atoms with Crippen LogP contribution in [0.2, 0.25) is 0 Å². The van der Waals surface area contributed by atoms with Crippen molar-refractivity contribution in [2.45, 2.75) is 168 Å². The molecule has 2 aromatic rings. The molecule has 0 fully saturated rings. The summed E-state index contributed by atoms with van der Waals surface area (Å²) < 4.78 is 11.1. The molecule has 0 aliphatic heterocycles. The van der Waals surface area contributed by atoms with Crippen LogP contribution in [0.5, 0.6) is 17.6 Å². The van der Waals surface area contributed by atoms with Crippen molar-refractivity contribution in [2.75, 3.05) is 0 Å². The van der Waals surface area contributed by atoms with Gasteiger partial charge in [0.2, 0.25) is 11.6 Å². The zero-order valence-electron chi connectivity index (χ0n) is 28.0. The third-order valence-electron chi connectivity index (χ3n) is 9.22. The van der Waals surface area contributed by atoms with Crippen LogP contribution >= 0.6 is 0 Å². The summed E-state index contributed by atoms with van der Waals surface area (Å²) in [6.07, 6.45) is 27.9. The topological polar surface area (TPSA) is 121 Å². The van der Waals surface area contributed by atoms with Crippen LogP contribution in [0.3, 0.4) is 0 Å². The molecule has 7 heteroatoms. The molecule has 3 N–H and O–H groups in total. The van der Waals surface area contributed by atoms with E-state index in [9.17, 15) is 24.9 Å². The lowest BCUT2D eigenvalue weighted by Gasteiger charge is -2.07. The molecule has 0 amide bonds. The lowest BCUT2D eigenvalue weighted by atomic mass is 9.94. The predicted octanol–water partition coefficient (Wildman–Crippen LogP) is 9.29. The maximum Gasteiger partial charge on any atom is 0.294 e. The number of hydrogen-bond acceptors (Lipinski definition) is 7. The van der Waals surface area contributed by atoms with Gasteiger partial charge < -0.3 is 24.2 Å². The van der Waals surface area contributed by atoms with Gasteiger partial charge in [-0.15, -0.1) is 0 Å². The highest BCUT2D eigenvalue weighted by Crippen LogP contribution is 2.43. The zero-order valence-corrected chi connectivity index (χ0v) is 28.0. The van der Waals surface area contributed by atoms with Crippen molar-refractivity contribution in [3.63, 3.8) is 0 Å². The molecule has 0 unspecified atom stereocenters. The summed E-state index contributed by atoms with van der Waals surface area (Å²) in [5, 5.41) is 32.4. The second kappa shape index (κ2) is 20.2. The van der Waals surface area contributed by atoms with Crippen molar-refractivity contribution < 1.29 is 33.7 Å². The van der Waals surface area contributed by atoms with E-state index in [-0.39, 0.29) is 38.8 Å². The largest absolute Gasteiger partial charge is 0.504 e. The van der Waals surface area contributed by atoms with Crippen molar-refractivity contribution >= 4 is 23.2 Å². The third-order valence-corrected chi connectivity index (χ3v) is 9.22. The summed E-state index contributed by atoms with van der Waals surface area (Å²) in [5.41, 5.74) is 0.645. The molecule has 252 valence electrons. The van der Waals surface area contributed by atoms with Crippen LogP contribution in [0, 0.1) is 0 Å². The van der Waals surface area contributed by atoms with Crippen LogP contribution in [0.4, 0.5) is 0 Å². The maximum atomic E-state index is 12.8. The van der Waals surface area contributed by atoms with E-state index in [1.807, 2.05) is 0 Å². The summed E-state index contributed by atoms with van der Waals surface area (Å²) >= 11 is 0. The number of unbranched alkanes of at least 4 members (excludes halogenated alkanes) is 20. The molecule has 0 saturated heterocycles. The van der Waals surface area contributed by atoms with Crippen LogP contribution < -0.4 is 10.6 Å². The second-order valence-electron chi connectivity index (χ2n) is 13.0. The number of furan rings is 2. The molecule has 45 heavy (non-hydrogen) atoms. The SMILES string of the molecule is CCCCCCCCCCCCCC1=c2oc(O)c(-c3oc(O)c(CCCCCCCCCCCCC)c3O)c2=CC(=O)C1=O. The normalized spacial score (nSPS) is 13.1. The molecule has 0 atom stereocenters. The Hall–Kier alpha value is -2.96. The Bertz CT molecular complexity index is 1310. The van der Waals surface area contributed by atoms with E-state index in [4.69, 9.17) is 8.83 Å². The standard InChI is InChI=1S/C38H58O7/c1-3-5-7-9-11-13-15-17-19-21-23-25-28-33(40)31(39)27-30-32(38(43)44-35(28)30)36-34(41)29(37(42)45-36)26-24-22-20-18-16-14-12-10-8-6-4-2/h27,41-43H,3-26H2,1-2H3. The smallest absolute Gasteiger partial charge is 0.294 e. The van der Waals surface area contributed by atoms with Gasteiger partial charge in [-0.05, 0) is 25.7 Å². The number of ketones is 2. The molecule has 3 rings (SSSR count). The van der Waals surface area contributed by atoms with Crippen molar-refractivity contribution in [3.05, 3.63) is 16.2 Å². The third kappa shape index (κ3) is 11.1. The van der Waals surface area contributed by atoms with Gasteiger partial charge in [0, 0.05) is 16.9 Å². The average molecular weight is 627 g/mol. The number of carbonyl (C=O) groups excluding carboxylic acids is 2. The van der Waals surface area contributed by atoms with E-state index in [0.29, 0.717) is 12.8 Å². The molecule has 7 nitrogen and oxygen atoms in total. The number of fused-ring (bicyclic) bond motifs is 1. The minimum atomic E-state index is -0.695. The van der Waals surface area contributed by atoms with Gasteiger partial charge >= 0.3 is 0 Å². The lowest BCUT2D eigenvalue weighted by molar-refractivity contribution is -0.129. The van der Waals surface area contributed by atoms with E-state index < -0.39 is 23.5 Å². The Morgan fingerprint density at radius 1 is 0.556 bits per heavy atom. The molecule has 1 aliphatic rings. The van der Waals surface area contributed by atoms with Gasteiger partial charge in [-0.2, -0.15) is 0 Å². The first-order chi connectivity index (χ1) is 21.9. The highest BCUT2D eigenvalue weighted by Gasteiger charge is 2.31. The number of rotatable bonds is 25. The fourth-order valence-corrected chi connectivity index (χ4v) is 6.46. The van der Waals surface area contributed by atoms with Crippen LogP contribution in [0.25, 0.3) is 23.0 Å². The van der Waals surface area contributed by atoms with Crippen molar-refractivity contribution in [1.29, 1.82) is 0 Å². The highest BCUT2D eigenvalue weighted by atomic mass is 16.5. The van der Waals surface area contributed by atoms with E-state index >= 15 is 0 Å². The molecular weight excluding hydrogens is 568 g/mol. The summed E-state index contributed by atoms with van der Waals surface area (Å²) in [6, 6.07) is 0. The minimum Gasteiger partial charge on any atom is -0.504 e. The second-order valence-corrected chi connectivity index (χ2v) is 13.0. The number of hydrogen-bond donors (Lipinski definition) is 3. The molecule has 2 heterocycles. The van der Waals surface area contributed by atoms with Gasteiger partial charge in [-0.1, -0.05) is 142 Å². The number of Topliss-reactive ketones (excluding diaryl/α,β-unsaturated/α-hetero) is 2. The van der Waals surface area contributed by atoms with Gasteiger partial charge in [0.15, 0.2) is 11.5 Å². The minimum absolute atomic E-state index is 0.0136. The Kier molecular flexibility index (Phi) is 16.4. The fourth-order valence-electron chi connectivity index (χ4n) is 6.46. The first-order valence-electron chi connectivity index (χ1n) is 18.1. The Morgan fingerprint density at radius 2 is 1.00 bits per heavy atom. The van der Waals surface area contributed by atoms with Crippen LogP contribution in [-0.4, -0.2) is 26.9 Å². The molecule has 0 aromatic carbocycles. The monoisotopic (exact) mass is 626 g/mol. The summed E-state index contributed by atoms with van der Waals surface area (Å²) in [6.45, 7) is 4.46. The van der Waals surface area contributed by atoms with E-state index in [1.165, 1.54) is 96.3 Å². The Morgan fingerprint density at radius 3 is 1.49 bits per heavy atom. The maximum absolute atomic E-state index is 12.8. The molecule has 2 aromatic heterocycles. The molecule has 1 aliphatic carbocycles. The van der Waals surface area contributed by atoms with Crippen molar-refractivity contribution in [3.8, 4) is 29.0 Å². The molecule has 0 spiro atoms. The highest BCUT2D eigenvalue weighted by molar-refractivity contribution is 6.60. The summed E-state index contributed by atoms with van der Waals surface area (Å²) in [4.78, 5) is 25.4. The predicted molar refractivity (Wildman–Crippen MR) is 180 cm³/mol. The van der Waals surface area contributed by atoms with E-state index in [2.05, 4.69) is 13.8 Å². The van der Waals surface area contributed by atoms with Crippen molar-refractivity contribution in [1.82, 2.24) is 0 Å².